The first kappa shape index (κ1) is 24.4. The molecule has 7 nitrogen and oxygen atoms in total. The first-order valence-corrected chi connectivity index (χ1v) is 11.0. The molecule has 8 heteroatoms. The number of guanidine groups is 1. The largest absolute Gasteiger partial charge is 0.364 e. The second kappa shape index (κ2) is 12.7. The quantitative estimate of drug-likeness (QED) is 0.341. The van der Waals surface area contributed by atoms with E-state index >= 15 is 0 Å². The Hall–Kier alpha value is -0.870. The zero-order valence-electron chi connectivity index (χ0n) is 18.3. The lowest BCUT2D eigenvalue weighted by atomic mass is 9.83. The fourth-order valence-corrected chi connectivity index (χ4v) is 4.52. The van der Waals surface area contributed by atoms with E-state index in [-0.39, 0.29) is 24.0 Å². The molecule has 1 aromatic heterocycles. The van der Waals surface area contributed by atoms with E-state index in [9.17, 15) is 0 Å². The summed E-state index contributed by atoms with van der Waals surface area (Å²) in [5.41, 5.74) is 1.01. The van der Waals surface area contributed by atoms with Gasteiger partial charge in [-0.2, -0.15) is 0 Å². The first-order valence-electron chi connectivity index (χ1n) is 11.0. The minimum atomic E-state index is 0. The number of aromatic nitrogens is 1. The number of rotatable bonds is 7. The molecule has 1 aliphatic carbocycles. The standard InChI is InChI=1S/C21H38N6O.HI/c1-4-22-21(23-16-20(25(2)3)18-8-6-5-7-9-18)27-13-11-26(12-14-27)17-19-10-15-28-24-19;/h10,15,18,20H,4-9,11-14,16-17H2,1-3H3,(H,22,23);1H. The number of halogens is 1. The number of hydrogen-bond donors (Lipinski definition) is 1. The SMILES string of the molecule is CCNC(=NCC(C1CCCCC1)N(C)C)N1CCN(Cc2ccon2)CC1.I. The van der Waals surface area contributed by atoms with Gasteiger partial charge in [0.15, 0.2) is 5.96 Å². The van der Waals surface area contributed by atoms with Gasteiger partial charge in [-0.15, -0.1) is 24.0 Å². The van der Waals surface area contributed by atoms with Crippen molar-refractivity contribution < 1.29 is 4.52 Å². The minimum absolute atomic E-state index is 0. The van der Waals surface area contributed by atoms with Gasteiger partial charge in [-0.3, -0.25) is 9.89 Å². The van der Waals surface area contributed by atoms with Crippen LogP contribution < -0.4 is 5.32 Å². The molecule has 1 saturated heterocycles. The molecule has 1 aromatic rings. The van der Waals surface area contributed by atoms with Crippen LogP contribution >= 0.6 is 24.0 Å². The molecule has 2 heterocycles. The van der Waals surface area contributed by atoms with Crippen molar-refractivity contribution in [3.8, 4) is 0 Å². The van der Waals surface area contributed by atoms with E-state index in [0.717, 1.165) is 63.4 Å². The summed E-state index contributed by atoms with van der Waals surface area (Å²) in [6.45, 7) is 8.87. The Balaban J connectivity index is 0.00000300. The van der Waals surface area contributed by atoms with Gasteiger partial charge in [0.1, 0.15) is 6.26 Å². The Morgan fingerprint density at radius 3 is 2.55 bits per heavy atom. The maximum atomic E-state index is 5.08. The van der Waals surface area contributed by atoms with Crippen LogP contribution in [0.4, 0.5) is 0 Å². The molecule has 2 fully saturated rings. The number of piperazine rings is 1. The third-order valence-electron chi connectivity index (χ3n) is 6.17. The maximum absolute atomic E-state index is 5.08. The molecule has 1 N–H and O–H groups in total. The van der Waals surface area contributed by atoms with E-state index in [2.05, 4.69) is 46.2 Å². The molecule has 166 valence electrons. The van der Waals surface area contributed by atoms with Gasteiger partial charge in [0.05, 0.1) is 12.2 Å². The average molecular weight is 518 g/mol. The summed E-state index contributed by atoms with van der Waals surface area (Å²) >= 11 is 0. The number of likely N-dealkylation sites (N-methyl/N-ethyl adjacent to an activating group) is 1. The van der Waals surface area contributed by atoms with Crippen LogP contribution in [0.2, 0.25) is 0 Å². The Labute approximate surface area is 193 Å². The van der Waals surface area contributed by atoms with Crippen molar-refractivity contribution in [1.82, 2.24) is 25.2 Å². The first-order chi connectivity index (χ1) is 13.7. The lowest BCUT2D eigenvalue weighted by Gasteiger charge is -2.37. The van der Waals surface area contributed by atoms with E-state index in [0.29, 0.717) is 6.04 Å². The smallest absolute Gasteiger partial charge is 0.194 e. The minimum Gasteiger partial charge on any atom is -0.364 e. The van der Waals surface area contributed by atoms with Crippen molar-refractivity contribution in [2.75, 3.05) is 53.4 Å². The van der Waals surface area contributed by atoms with E-state index in [1.54, 1.807) is 6.26 Å². The highest BCUT2D eigenvalue weighted by atomic mass is 127. The molecule has 3 rings (SSSR count). The van der Waals surface area contributed by atoms with E-state index in [1.165, 1.54) is 32.1 Å². The van der Waals surface area contributed by atoms with Crippen molar-refractivity contribution in [3.05, 3.63) is 18.0 Å². The molecule has 29 heavy (non-hydrogen) atoms. The Bertz CT molecular complexity index is 580. The number of nitrogens with one attached hydrogen (secondary N) is 1. The molecule has 0 aromatic carbocycles. The third kappa shape index (κ3) is 7.40. The molecule has 1 aliphatic heterocycles. The van der Waals surface area contributed by atoms with Crippen LogP contribution in [0.15, 0.2) is 21.8 Å². The van der Waals surface area contributed by atoms with Crippen molar-refractivity contribution in [2.45, 2.75) is 51.6 Å². The van der Waals surface area contributed by atoms with Gasteiger partial charge >= 0.3 is 0 Å². The highest BCUT2D eigenvalue weighted by Crippen LogP contribution is 2.28. The van der Waals surface area contributed by atoms with Crippen LogP contribution in [0.3, 0.4) is 0 Å². The molecule has 1 atom stereocenters. The summed E-state index contributed by atoms with van der Waals surface area (Å²) in [5, 5.41) is 7.55. The van der Waals surface area contributed by atoms with Gasteiger partial charge < -0.3 is 19.6 Å². The van der Waals surface area contributed by atoms with Crippen molar-refractivity contribution >= 4 is 29.9 Å². The fourth-order valence-electron chi connectivity index (χ4n) is 4.52. The highest BCUT2D eigenvalue weighted by Gasteiger charge is 2.26. The molecular formula is C21H39IN6O. The maximum Gasteiger partial charge on any atom is 0.194 e. The van der Waals surface area contributed by atoms with Crippen molar-refractivity contribution in [3.63, 3.8) is 0 Å². The van der Waals surface area contributed by atoms with E-state index in [4.69, 9.17) is 9.52 Å². The van der Waals surface area contributed by atoms with Crippen molar-refractivity contribution in [1.29, 1.82) is 0 Å². The molecular weight excluding hydrogens is 479 g/mol. The third-order valence-corrected chi connectivity index (χ3v) is 6.17. The average Bonchev–Trinajstić information content (AvgIpc) is 3.22. The number of nitrogens with zero attached hydrogens (tertiary/aromatic N) is 5. The molecule has 2 aliphatic rings. The second-order valence-electron chi connectivity index (χ2n) is 8.38. The predicted octanol–water partition coefficient (Wildman–Crippen LogP) is 2.89. The summed E-state index contributed by atoms with van der Waals surface area (Å²) in [6.07, 6.45) is 8.53. The molecule has 1 unspecified atom stereocenters. The van der Waals surface area contributed by atoms with Gasteiger partial charge in [0.2, 0.25) is 0 Å². The Morgan fingerprint density at radius 2 is 1.97 bits per heavy atom. The molecule has 0 spiro atoms. The van der Waals surface area contributed by atoms with Crippen molar-refractivity contribution in [2.24, 2.45) is 10.9 Å². The molecule has 0 radical (unpaired) electrons. The second-order valence-corrected chi connectivity index (χ2v) is 8.38. The summed E-state index contributed by atoms with van der Waals surface area (Å²) in [4.78, 5) is 12.3. The summed E-state index contributed by atoms with van der Waals surface area (Å²) in [7, 11) is 4.43. The summed E-state index contributed by atoms with van der Waals surface area (Å²) < 4.78 is 4.95. The van der Waals surface area contributed by atoms with Crippen LogP contribution in [0, 0.1) is 5.92 Å². The van der Waals surface area contributed by atoms with Crippen LogP contribution in [-0.2, 0) is 6.54 Å². The fraction of sp³-hybridized carbons (Fsp3) is 0.810. The van der Waals surface area contributed by atoms with Gasteiger partial charge in [0.25, 0.3) is 0 Å². The molecule has 0 amide bonds. The van der Waals surface area contributed by atoms with Crippen LogP contribution in [0.1, 0.15) is 44.7 Å². The van der Waals surface area contributed by atoms with E-state index in [1.807, 2.05) is 6.07 Å². The summed E-state index contributed by atoms with van der Waals surface area (Å²) in [6, 6.07) is 2.49. The van der Waals surface area contributed by atoms with Gasteiger partial charge in [-0.05, 0) is 39.8 Å². The zero-order chi connectivity index (χ0) is 19.8. The highest BCUT2D eigenvalue weighted by molar-refractivity contribution is 14.0. The number of hydrogen-bond acceptors (Lipinski definition) is 5. The van der Waals surface area contributed by atoms with E-state index < -0.39 is 0 Å². The predicted molar refractivity (Wildman–Crippen MR) is 129 cm³/mol. The lowest BCUT2D eigenvalue weighted by Crippen LogP contribution is -2.52. The van der Waals surface area contributed by atoms with Gasteiger partial charge in [0, 0.05) is 51.4 Å². The topological polar surface area (TPSA) is 60.1 Å². The van der Waals surface area contributed by atoms with Gasteiger partial charge in [-0.1, -0.05) is 24.4 Å². The Morgan fingerprint density at radius 1 is 1.24 bits per heavy atom. The van der Waals surface area contributed by atoms with Crippen LogP contribution in [-0.4, -0.2) is 85.2 Å². The zero-order valence-corrected chi connectivity index (χ0v) is 20.7. The Kier molecular flexibility index (Phi) is 10.7. The van der Waals surface area contributed by atoms with Gasteiger partial charge in [-0.25, -0.2) is 0 Å². The monoisotopic (exact) mass is 518 g/mol. The molecule has 1 saturated carbocycles. The normalized spacial score (nSPS) is 20.6. The number of aliphatic imine (C=N–C) groups is 1. The van der Waals surface area contributed by atoms with Crippen LogP contribution in [0.25, 0.3) is 0 Å². The molecule has 0 bridgehead atoms. The summed E-state index contributed by atoms with van der Waals surface area (Å²) in [5.74, 6) is 1.86. The lowest BCUT2D eigenvalue weighted by molar-refractivity contribution is 0.165. The van der Waals surface area contributed by atoms with Crippen LogP contribution in [0.5, 0.6) is 0 Å².